The summed E-state index contributed by atoms with van der Waals surface area (Å²) in [5.74, 6) is -0.541. The highest BCUT2D eigenvalue weighted by Crippen LogP contribution is 2.45. The van der Waals surface area contributed by atoms with Crippen LogP contribution in [0.15, 0.2) is 12.7 Å². The zero-order valence-corrected chi connectivity index (χ0v) is 12.6. The van der Waals surface area contributed by atoms with Gasteiger partial charge in [-0.05, 0) is 27.7 Å². The Morgan fingerprint density at radius 3 is 1.83 bits per heavy atom. The normalized spacial score (nSPS) is 25.9. The molecule has 1 heterocycles. The van der Waals surface area contributed by atoms with Crippen LogP contribution in [0.3, 0.4) is 0 Å². The molecule has 0 radical (unpaired) electrons. The molecule has 0 aromatic carbocycles. The molecule has 1 saturated heterocycles. The molecule has 0 amide bonds. The van der Waals surface area contributed by atoms with Crippen molar-refractivity contribution >= 4 is 0 Å². The molecule has 0 spiro atoms. The maximum absolute atomic E-state index is 5.85. The van der Waals surface area contributed by atoms with Crippen LogP contribution in [0.2, 0.25) is 0 Å². The van der Waals surface area contributed by atoms with Crippen molar-refractivity contribution in [2.45, 2.75) is 57.4 Å². The highest BCUT2D eigenvalue weighted by atomic mass is 16.7. The van der Waals surface area contributed by atoms with Crippen molar-refractivity contribution in [3.8, 4) is 0 Å². The fourth-order valence-electron chi connectivity index (χ4n) is 3.19. The Kier molecular flexibility index (Phi) is 4.60. The van der Waals surface area contributed by atoms with Crippen LogP contribution in [0.25, 0.3) is 0 Å². The van der Waals surface area contributed by atoms with E-state index in [0.717, 1.165) is 12.8 Å². The number of methoxy groups -OCH3 is 2. The smallest absolute Gasteiger partial charge is 0.171 e. The summed E-state index contributed by atoms with van der Waals surface area (Å²) in [5.41, 5.74) is -0.340. The second-order valence-electron chi connectivity index (χ2n) is 6.18. The van der Waals surface area contributed by atoms with Crippen LogP contribution in [0, 0.1) is 0 Å². The fourth-order valence-corrected chi connectivity index (χ4v) is 3.19. The lowest BCUT2D eigenvalue weighted by molar-refractivity contribution is -0.344. The highest BCUT2D eigenvalue weighted by Gasteiger charge is 2.54. The van der Waals surface area contributed by atoms with Gasteiger partial charge in [0.15, 0.2) is 5.79 Å². The molecule has 4 nitrogen and oxygen atoms in total. The number of piperidine rings is 1. The summed E-state index contributed by atoms with van der Waals surface area (Å²) in [6, 6.07) is 0. The van der Waals surface area contributed by atoms with E-state index in [1.807, 2.05) is 0 Å². The largest absolute Gasteiger partial charge is 0.353 e. The average Bonchev–Trinajstić information content (AvgIpc) is 2.26. The second-order valence-corrected chi connectivity index (χ2v) is 6.18. The van der Waals surface area contributed by atoms with Gasteiger partial charge in [0.05, 0.1) is 6.61 Å². The van der Waals surface area contributed by atoms with E-state index in [9.17, 15) is 0 Å². The molecule has 4 heteroatoms. The molecule has 0 aliphatic carbocycles. The first-order valence-corrected chi connectivity index (χ1v) is 6.37. The lowest BCUT2D eigenvalue weighted by Crippen LogP contribution is -2.66. The van der Waals surface area contributed by atoms with Gasteiger partial charge in [-0.15, -0.1) is 6.58 Å². The molecule has 18 heavy (non-hydrogen) atoms. The van der Waals surface area contributed by atoms with Crippen LogP contribution in [0.1, 0.15) is 40.5 Å². The summed E-state index contributed by atoms with van der Waals surface area (Å²) in [6.07, 6.45) is 3.28. The Morgan fingerprint density at radius 2 is 1.50 bits per heavy atom. The topological polar surface area (TPSA) is 30.9 Å². The van der Waals surface area contributed by atoms with Crippen molar-refractivity contribution in [2.24, 2.45) is 0 Å². The second kappa shape index (κ2) is 5.29. The maximum Gasteiger partial charge on any atom is 0.171 e. The quantitative estimate of drug-likeness (QED) is 0.560. The van der Waals surface area contributed by atoms with E-state index in [1.165, 1.54) is 0 Å². The van der Waals surface area contributed by atoms with Crippen molar-refractivity contribution in [2.75, 3.05) is 20.8 Å². The van der Waals surface area contributed by atoms with Gasteiger partial charge in [0.2, 0.25) is 0 Å². The number of nitrogens with zero attached hydrogens (tertiary/aromatic N) is 1. The van der Waals surface area contributed by atoms with E-state index in [2.05, 4.69) is 39.3 Å². The Labute approximate surface area is 111 Å². The molecule has 0 saturated carbocycles. The molecule has 1 fully saturated rings. The van der Waals surface area contributed by atoms with Gasteiger partial charge >= 0.3 is 0 Å². The van der Waals surface area contributed by atoms with Crippen LogP contribution in [0.5, 0.6) is 0 Å². The average molecular weight is 257 g/mol. The third-order valence-corrected chi connectivity index (χ3v) is 3.57. The van der Waals surface area contributed by atoms with E-state index in [1.54, 1.807) is 20.3 Å². The van der Waals surface area contributed by atoms with Crippen molar-refractivity contribution < 1.29 is 14.3 Å². The van der Waals surface area contributed by atoms with Gasteiger partial charge in [0.25, 0.3) is 0 Å². The van der Waals surface area contributed by atoms with Gasteiger partial charge in [-0.2, -0.15) is 5.06 Å². The fraction of sp³-hybridized carbons (Fsp3) is 0.857. The third-order valence-electron chi connectivity index (χ3n) is 3.57. The summed E-state index contributed by atoms with van der Waals surface area (Å²) in [7, 11) is 3.41. The number of ether oxygens (including phenoxy) is 2. The monoisotopic (exact) mass is 257 g/mol. The number of hydrogen-bond acceptors (Lipinski definition) is 4. The first kappa shape index (κ1) is 15.6. The molecule has 106 valence electrons. The van der Waals surface area contributed by atoms with Crippen LogP contribution in [0.4, 0.5) is 0 Å². The third kappa shape index (κ3) is 2.94. The molecule has 1 rings (SSSR count). The van der Waals surface area contributed by atoms with Crippen molar-refractivity contribution in [1.29, 1.82) is 0 Å². The molecule has 1 aliphatic rings. The minimum Gasteiger partial charge on any atom is -0.353 e. The molecule has 0 unspecified atom stereocenters. The number of rotatable bonds is 5. The molecule has 0 aromatic heterocycles. The lowest BCUT2D eigenvalue weighted by Gasteiger charge is -2.56. The zero-order chi connectivity index (χ0) is 14.0. The molecular formula is C14H27NO3. The van der Waals surface area contributed by atoms with Crippen LogP contribution >= 0.6 is 0 Å². The van der Waals surface area contributed by atoms with Gasteiger partial charge in [0.1, 0.15) is 0 Å². The standard InChI is InChI=1S/C14H27NO3/c1-8-9-18-15-12(2,3)10-14(16-6,17-7)11-13(15,4)5/h8H,1,9-11H2,2-7H3. The Morgan fingerprint density at radius 1 is 1.06 bits per heavy atom. The number of hydrogen-bond donors (Lipinski definition) is 0. The van der Waals surface area contributed by atoms with Crippen LogP contribution < -0.4 is 0 Å². The summed E-state index contributed by atoms with van der Waals surface area (Å²) in [6.45, 7) is 12.8. The van der Waals surface area contributed by atoms with Crippen molar-refractivity contribution in [3.63, 3.8) is 0 Å². The molecule has 1 aliphatic heterocycles. The van der Waals surface area contributed by atoms with Gasteiger partial charge in [0, 0.05) is 38.1 Å². The van der Waals surface area contributed by atoms with Crippen LogP contribution in [-0.2, 0) is 14.3 Å². The van der Waals surface area contributed by atoms with Crippen molar-refractivity contribution in [3.05, 3.63) is 12.7 Å². The van der Waals surface area contributed by atoms with E-state index in [4.69, 9.17) is 14.3 Å². The van der Waals surface area contributed by atoms with E-state index in [-0.39, 0.29) is 11.1 Å². The first-order valence-electron chi connectivity index (χ1n) is 6.37. The summed E-state index contributed by atoms with van der Waals surface area (Å²) in [4.78, 5) is 5.85. The molecule has 0 atom stereocenters. The van der Waals surface area contributed by atoms with E-state index >= 15 is 0 Å². The van der Waals surface area contributed by atoms with Gasteiger partial charge < -0.3 is 9.47 Å². The first-order chi connectivity index (χ1) is 8.23. The Hall–Kier alpha value is -0.420. The van der Waals surface area contributed by atoms with Gasteiger partial charge in [-0.3, -0.25) is 4.84 Å². The predicted octanol–water partition coefficient (Wildman–Crippen LogP) is 2.75. The van der Waals surface area contributed by atoms with Gasteiger partial charge in [-0.1, -0.05) is 6.08 Å². The minimum atomic E-state index is -0.541. The van der Waals surface area contributed by atoms with Crippen LogP contribution in [-0.4, -0.2) is 42.8 Å². The summed E-state index contributed by atoms with van der Waals surface area (Å²) < 4.78 is 11.3. The maximum atomic E-state index is 5.85. The zero-order valence-electron chi connectivity index (χ0n) is 12.6. The lowest BCUT2D eigenvalue weighted by atomic mass is 9.78. The van der Waals surface area contributed by atoms with Gasteiger partial charge in [-0.25, -0.2) is 0 Å². The van der Waals surface area contributed by atoms with E-state index in [0.29, 0.717) is 6.61 Å². The SMILES string of the molecule is C=CCON1C(C)(C)CC(OC)(OC)CC1(C)C. The predicted molar refractivity (Wildman–Crippen MR) is 72.1 cm³/mol. The Balaban J connectivity index is 3.00. The minimum absolute atomic E-state index is 0.170. The highest BCUT2D eigenvalue weighted by molar-refractivity contribution is 5.01. The molecule has 0 aromatic rings. The molecule has 0 bridgehead atoms. The summed E-state index contributed by atoms with van der Waals surface area (Å²) >= 11 is 0. The summed E-state index contributed by atoms with van der Waals surface area (Å²) in [5, 5.41) is 2.05. The van der Waals surface area contributed by atoms with Crippen molar-refractivity contribution in [1.82, 2.24) is 5.06 Å². The number of hydroxylamine groups is 2. The molecule has 0 N–H and O–H groups in total. The molecular weight excluding hydrogens is 230 g/mol. The van der Waals surface area contributed by atoms with E-state index < -0.39 is 5.79 Å². The Bertz CT molecular complexity index is 275.